The summed E-state index contributed by atoms with van der Waals surface area (Å²) in [6.45, 7) is 0.219. The topological polar surface area (TPSA) is 89.0 Å². The summed E-state index contributed by atoms with van der Waals surface area (Å²) in [6, 6.07) is 13.3. The number of hydrogen-bond donors (Lipinski definition) is 2. The monoisotopic (exact) mass is 353 g/mol. The maximum atomic E-state index is 13.7. The van der Waals surface area contributed by atoms with Gasteiger partial charge in [0.2, 0.25) is 5.95 Å². The molecule has 1 aromatic heterocycles. The molecule has 7 nitrogen and oxygen atoms in total. The zero-order valence-corrected chi connectivity index (χ0v) is 13.9. The van der Waals surface area contributed by atoms with Crippen LogP contribution in [0, 0.1) is 5.82 Å². The lowest BCUT2D eigenvalue weighted by Crippen LogP contribution is -2.09. The highest BCUT2D eigenvalue weighted by Gasteiger charge is 2.12. The van der Waals surface area contributed by atoms with E-state index in [1.54, 1.807) is 42.5 Å². The van der Waals surface area contributed by atoms with Crippen molar-refractivity contribution in [1.29, 1.82) is 0 Å². The third-order valence-electron chi connectivity index (χ3n) is 3.55. The highest BCUT2D eigenvalue weighted by atomic mass is 19.1. The third kappa shape index (κ3) is 4.10. The molecule has 0 fully saturated rings. The van der Waals surface area contributed by atoms with Gasteiger partial charge in [-0.3, -0.25) is 0 Å². The number of hydrogen-bond acceptors (Lipinski definition) is 7. The smallest absolute Gasteiger partial charge is 0.339 e. The molecule has 0 aliphatic heterocycles. The number of anilines is 3. The van der Waals surface area contributed by atoms with Crippen LogP contribution in [0.4, 0.5) is 21.8 Å². The molecule has 0 saturated carbocycles. The first-order chi connectivity index (χ1) is 12.7. The molecule has 3 aromatic rings. The number of methoxy groups -OCH3 is 1. The second kappa shape index (κ2) is 8.02. The van der Waals surface area contributed by atoms with Crippen LogP contribution < -0.4 is 10.6 Å². The van der Waals surface area contributed by atoms with Crippen LogP contribution >= 0.6 is 0 Å². The van der Waals surface area contributed by atoms with Crippen LogP contribution in [-0.2, 0) is 11.3 Å². The minimum atomic E-state index is -0.465. The summed E-state index contributed by atoms with van der Waals surface area (Å²) in [7, 11) is 1.32. The lowest BCUT2D eigenvalue weighted by atomic mass is 10.2. The Balaban J connectivity index is 1.74. The quantitative estimate of drug-likeness (QED) is 0.658. The predicted molar refractivity (Wildman–Crippen MR) is 94.6 cm³/mol. The third-order valence-corrected chi connectivity index (χ3v) is 3.55. The molecule has 0 atom stereocenters. The Morgan fingerprint density at radius 1 is 1.15 bits per heavy atom. The van der Waals surface area contributed by atoms with Crippen LogP contribution in [0.3, 0.4) is 0 Å². The number of nitrogens with zero attached hydrogens (tertiary/aromatic N) is 3. The van der Waals surface area contributed by atoms with Crippen molar-refractivity contribution >= 4 is 23.4 Å². The van der Waals surface area contributed by atoms with Crippen LogP contribution in [-0.4, -0.2) is 28.3 Å². The highest BCUT2D eigenvalue weighted by molar-refractivity contribution is 5.96. The summed E-state index contributed by atoms with van der Waals surface area (Å²) < 4.78 is 18.4. The van der Waals surface area contributed by atoms with Crippen molar-refractivity contribution in [3.8, 4) is 0 Å². The van der Waals surface area contributed by atoms with E-state index in [0.717, 1.165) is 0 Å². The number of carbonyl (C=O) groups excluding carboxylic acids is 1. The molecule has 0 spiro atoms. The number of ether oxygens (including phenoxy) is 1. The van der Waals surface area contributed by atoms with Gasteiger partial charge in [0.05, 0.1) is 24.6 Å². The molecule has 2 aromatic carbocycles. The van der Waals surface area contributed by atoms with Crippen LogP contribution in [0.25, 0.3) is 0 Å². The zero-order chi connectivity index (χ0) is 18.4. The maximum Gasteiger partial charge on any atom is 0.339 e. The Bertz CT molecular complexity index is 919. The molecule has 2 N–H and O–H groups in total. The SMILES string of the molecule is COC(=O)c1ccccc1Nc1cnnc(NCc2ccccc2F)n1. The van der Waals surface area contributed by atoms with Crippen molar-refractivity contribution in [2.75, 3.05) is 17.7 Å². The van der Waals surface area contributed by atoms with Gasteiger partial charge in [-0.05, 0) is 18.2 Å². The van der Waals surface area contributed by atoms with E-state index in [9.17, 15) is 9.18 Å². The number of esters is 1. The second-order valence-corrected chi connectivity index (χ2v) is 5.27. The number of aromatic nitrogens is 3. The lowest BCUT2D eigenvalue weighted by Gasteiger charge is -2.10. The summed E-state index contributed by atoms with van der Waals surface area (Å²) >= 11 is 0. The first-order valence-corrected chi connectivity index (χ1v) is 7.78. The number of para-hydroxylation sites is 1. The van der Waals surface area contributed by atoms with Crippen molar-refractivity contribution in [2.45, 2.75) is 6.54 Å². The summed E-state index contributed by atoms with van der Waals surface area (Å²) in [5.41, 5.74) is 1.39. The van der Waals surface area contributed by atoms with Gasteiger partial charge in [0.15, 0.2) is 5.82 Å². The molecule has 0 saturated heterocycles. The van der Waals surface area contributed by atoms with E-state index < -0.39 is 5.97 Å². The van der Waals surface area contributed by atoms with Gasteiger partial charge in [-0.1, -0.05) is 30.3 Å². The first kappa shape index (κ1) is 17.3. The standard InChI is InChI=1S/C18H16FN5O2/c1-26-17(25)13-7-3-5-9-15(13)22-16-11-21-24-18(23-16)20-10-12-6-2-4-8-14(12)19/h2-9,11H,10H2,1H3,(H2,20,22,23,24). The van der Waals surface area contributed by atoms with Gasteiger partial charge < -0.3 is 15.4 Å². The molecule has 0 bridgehead atoms. The van der Waals surface area contributed by atoms with E-state index in [0.29, 0.717) is 22.6 Å². The predicted octanol–water partition coefficient (Wildman–Crippen LogP) is 3.15. The molecule has 1 heterocycles. The van der Waals surface area contributed by atoms with Crippen LogP contribution in [0.15, 0.2) is 54.7 Å². The highest BCUT2D eigenvalue weighted by Crippen LogP contribution is 2.20. The molecule has 3 rings (SSSR count). The molecule has 0 radical (unpaired) electrons. The molecule has 0 unspecified atom stereocenters. The number of benzene rings is 2. The van der Waals surface area contributed by atoms with Crippen molar-refractivity contribution in [2.24, 2.45) is 0 Å². The molecule has 26 heavy (non-hydrogen) atoms. The molecule has 0 aliphatic carbocycles. The molecule has 0 amide bonds. The fourth-order valence-corrected chi connectivity index (χ4v) is 2.27. The summed E-state index contributed by atoms with van der Waals surface area (Å²) in [4.78, 5) is 16.1. The van der Waals surface area contributed by atoms with Crippen molar-refractivity contribution < 1.29 is 13.9 Å². The number of nitrogens with one attached hydrogen (secondary N) is 2. The van der Waals surface area contributed by atoms with Crippen LogP contribution in [0.5, 0.6) is 0 Å². The van der Waals surface area contributed by atoms with Crippen LogP contribution in [0.1, 0.15) is 15.9 Å². The molecular formula is C18H16FN5O2. The van der Waals surface area contributed by atoms with Gasteiger partial charge in [-0.25, -0.2) is 9.18 Å². The summed E-state index contributed by atoms with van der Waals surface area (Å²) in [6.07, 6.45) is 1.42. The molecule has 8 heteroatoms. The zero-order valence-electron chi connectivity index (χ0n) is 13.9. The Hall–Kier alpha value is -3.55. The van der Waals surface area contributed by atoms with Gasteiger partial charge >= 0.3 is 5.97 Å². The molecule has 132 valence electrons. The van der Waals surface area contributed by atoms with Gasteiger partial charge in [0.25, 0.3) is 0 Å². The van der Waals surface area contributed by atoms with Gasteiger partial charge in [0.1, 0.15) is 5.82 Å². The number of rotatable bonds is 6. The normalized spacial score (nSPS) is 10.2. The fourth-order valence-electron chi connectivity index (χ4n) is 2.27. The fraction of sp³-hybridized carbons (Fsp3) is 0.111. The molecular weight excluding hydrogens is 337 g/mol. The summed E-state index contributed by atoms with van der Waals surface area (Å²) in [5, 5.41) is 13.7. The minimum absolute atomic E-state index is 0.219. The van der Waals surface area contributed by atoms with E-state index in [-0.39, 0.29) is 18.3 Å². The second-order valence-electron chi connectivity index (χ2n) is 5.27. The average Bonchev–Trinajstić information content (AvgIpc) is 2.67. The Morgan fingerprint density at radius 2 is 1.92 bits per heavy atom. The van der Waals surface area contributed by atoms with Crippen molar-refractivity contribution in [3.63, 3.8) is 0 Å². The van der Waals surface area contributed by atoms with Gasteiger partial charge in [-0.2, -0.15) is 10.1 Å². The van der Waals surface area contributed by atoms with Crippen molar-refractivity contribution in [1.82, 2.24) is 15.2 Å². The van der Waals surface area contributed by atoms with Gasteiger partial charge in [0, 0.05) is 12.1 Å². The van der Waals surface area contributed by atoms with Crippen molar-refractivity contribution in [3.05, 3.63) is 71.7 Å². The minimum Gasteiger partial charge on any atom is -0.465 e. The summed E-state index contributed by atoms with van der Waals surface area (Å²) in [5.74, 6) is -0.163. The van der Waals surface area contributed by atoms with E-state index in [2.05, 4.69) is 25.8 Å². The van der Waals surface area contributed by atoms with E-state index in [4.69, 9.17) is 4.74 Å². The Morgan fingerprint density at radius 3 is 2.73 bits per heavy atom. The first-order valence-electron chi connectivity index (χ1n) is 7.78. The lowest BCUT2D eigenvalue weighted by molar-refractivity contribution is 0.0602. The van der Waals surface area contributed by atoms with E-state index >= 15 is 0 Å². The average molecular weight is 353 g/mol. The Kier molecular flexibility index (Phi) is 5.33. The number of halogens is 1. The largest absolute Gasteiger partial charge is 0.465 e. The Labute approximate surface area is 149 Å². The maximum absolute atomic E-state index is 13.7. The van der Waals surface area contributed by atoms with E-state index in [1.807, 2.05) is 0 Å². The van der Waals surface area contributed by atoms with Gasteiger partial charge in [-0.15, -0.1) is 5.10 Å². The molecule has 0 aliphatic rings. The number of carbonyl (C=O) groups is 1. The van der Waals surface area contributed by atoms with Crippen LogP contribution in [0.2, 0.25) is 0 Å². The van der Waals surface area contributed by atoms with E-state index in [1.165, 1.54) is 19.4 Å².